The minimum Gasteiger partial charge on any atom is -0.492 e. The van der Waals surface area contributed by atoms with E-state index in [0.717, 1.165) is 11.8 Å². The fraction of sp³-hybridized carbons (Fsp3) is 0.400. The lowest BCUT2D eigenvalue weighted by Crippen LogP contribution is -2.26. The van der Waals surface area contributed by atoms with Gasteiger partial charge in [-0.2, -0.15) is 0 Å². The van der Waals surface area contributed by atoms with Crippen molar-refractivity contribution in [3.05, 3.63) is 29.8 Å². The zero-order valence-corrected chi connectivity index (χ0v) is 9.96. The zero-order chi connectivity index (χ0) is 12.0. The van der Waals surface area contributed by atoms with Crippen LogP contribution in [0.1, 0.15) is 5.56 Å². The number of benzene rings is 1. The van der Waals surface area contributed by atoms with Crippen LogP contribution in [0.2, 0.25) is 0 Å². The van der Waals surface area contributed by atoms with Crippen LogP contribution in [-0.4, -0.2) is 27.8 Å². The summed E-state index contributed by atoms with van der Waals surface area (Å²) < 4.78 is 29.2. The molecular weight excluding hydrogens is 228 g/mol. The fourth-order valence-corrected chi connectivity index (χ4v) is 1.61. The van der Waals surface area contributed by atoms with Gasteiger partial charge in [0.15, 0.2) is 0 Å². The van der Waals surface area contributed by atoms with Crippen LogP contribution < -0.4 is 15.2 Å². The summed E-state index contributed by atoms with van der Waals surface area (Å²) >= 11 is 0. The van der Waals surface area contributed by atoms with E-state index in [9.17, 15) is 8.42 Å². The number of nitrogens with two attached hydrogens (primary N) is 1. The standard InChI is InChI=1S/C10H16N2O3S/c1-16(13,14)12-5-6-15-10-4-2-3-9(7-10)8-11/h2-4,7,12H,5-6,8,11H2,1H3. The van der Waals surface area contributed by atoms with Crippen LogP contribution in [-0.2, 0) is 16.6 Å². The molecule has 0 aromatic heterocycles. The van der Waals surface area contributed by atoms with Crippen molar-refractivity contribution in [1.29, 1.82) is 0 Å². The summed E-state index contributed by atoms with van der Waals surface area (Å²) in [7, 11) is -3.14. The average molecular weight is 244 g/mol. The molecule has 0 unspecified atom stereocenters. The minimum atomic E-state index is -3.14. The number of hydrogen-bond acceptors (Lipinski definition) is 4. The van der Waals surface area contributed by atoms with Gasteiger partial charge in [-0.15, -0.1) is 0 Å². The molecule has 0 bridgehead atoms. The highest BCUT2D eigenvalue weighted by Crippen LogP contribution is 2.12. The van der Waals surface area contributed by atoms with E-state index in [1.165, 1.54) is 0 Å². The Kier molecular flexibility index (Phi) is 4.72. The molecule has 0 spiro atoms. The summed E-state index contributed by atoms with van der Waals surface area (Å²) in [5.41, 5.74) is 6.46. The molecule has 0 atom stereocenters. The molecule has 0 aliphatic rings. The molecule has 5 nitrogen and oxygen atoms in total. The number of nitrogens with one attached hydrogen (secondary N) is 1. The molecule has 0 saturated heterocycles. The van der Waals surface area contributed by atoms with Gasteiger partial charge in [0.25, 0.3) is 0 Å². The van der Waals surface area contributed by atoms with Crippen LogP contribution in [0.15, 0.2) is 24.3 Å². The van der Waals surface area contributed by atoms with Gasteiger partial charge in [0.05, 0.1) is 6.26 Å². The van der Waals surface area contributed by atoms with Gasteiger partial charge < -0.3 is 10.5 Å². The normalized spacial score (nSPS) is 11.4. The molecule has 0 aliphatic heterocycles. The highest BCUT2D eigenvalue weighted by Gasteiger charge is 2.00. The molecule has 90 valence electrons. The molecule has 0 saturated carbocycles. The monoisotopic (exact) mass is 244 g/mol. The minimum absolute atomic E-state index is 0.256. The van der Waals surface area contributed by atoms with Gasteiger partial charge in [0.2, 0.25) is 10.0 Å². The van der Waals surface area contributed by atoms with Gasteiger partial charge >= 0.3 is 0 Å². The molecule has 0 fully saturated rings. The quantitative estimate of drug-likeness (QED) is 0.694. The van der Waals surface area contributed by atoms with E-state index in [0.29, 0.717) is 18.9 Å². The highest BCUT2D eigenvalue weighted by atomic mass is 32.2. The maximum Gasteiger partial charge on any atom is 0.208 e. The molecule has 6 heteroatoms. The largest absolute Gasteiger partial charge is 0.492 e. The first kappa shape index (κ1) is 13.0. The van der Waals surface area contributed by atoms with Crippen LogP contribution in [0.3, 0.4) is 0 Å². The van der Waals surface area contributed by atoms with Crippen molar-refractivity contribution in [1.82, 2.24) is 4.72 Å². The van der Waals surface area contributed by atoms with Crippen molar-refractivity contribution in [3.8, 4) is 5.75 Å². The van der Waals surface area contributed by atoms with Crippen molar-refractivity contribution in [3.63, 3.8) is 0 Å². The highest BCUT2D eigenvalue weighted by molar-refractivity contribution is 7.88. The molecule has 3 N–H and O–H groups in total. The van der Waals surface area contributed by atoms with Gasteiger partial charge in [0.1, 0.15) is 12.4 Å². The third kappa shape index (κ3) is 5.11. The fourth-order valence-electron chi connectivity index (χ4n) is 1.16. The van der Waals surface area contributed by atoms with Gasteiger partial charge in [-0.25, -0.2) is 13.1 Å². The first-order valence-electron chi connectivity index (χ1n) is 4.88. The lowest BCUT2D eigenvalue weighted by molar-refractivity contribution is 0.322. The van der Waals surface area contributed by atoms with Gasteiger partial charge in [-0.3, -0.25) is 0 Å². The Bertz CT molecular complexity index is 431. The molecule has 0 radical (unpaired) electrons. The Morgan fingerprint density at radius 2 is 2.19 bits per heavy atom. The summed E-state index contributed by atoms with van der Waals surface area (Å²) in [6.45, 7) is 1.01. The summed E-state index contributed by atoms with van der Waals surface area (Å²) in [5, 5.41) is 0. The summed E-state index contributed by atoms with van der Waals surface area (Å²) in [4.78, 5) is 0. The Labute approximate surface area is 95.7 Å². The Morgan fingerprint density at radius 1 is 1.44 bits per heavy atom. The molecule has 1 aromatic rings. The lowest BCUT2D eigenvalue weighted by atomic mass is 10.2. The first-order chi connectivity index (χ1) is 7.51. The van der Waals surface area contributed by atoms with Crippen molar-refractivity contribution in [2.75, 3.05) is 19.4 Å². The SMILES string of the molecule is CS(=O)(=O)NCCOc1cccc(CN)c1. The molecule has 1 aromatic carbocycles. The number of hydrogen-bond donors (Lipinski definition) is 2. The number of rotatable bonds is 6. The topological polar surface area (TPSA) is 81.4 Å². The van der Waals surface area contributed by atoms with Crippen LogP contribution in [0.5, 0.6) is 5.75 Å². The second-order valence-corrected chi connectivity index (χ2v) is 5.20. The number of sulfonamides is 1. The van der Waals surface area contributed by atoms with Crippen LogP contribution >= 0.6 is 0 Å². The van der Waals surface area contributed by atoms with Crippen LogP contribution in [0.4, 0.5) is 0 Å². The average Bonchev–Trinajstić information content (AvgIpc) is 2.23. The predicted molar refractivity (Wildman–Crippen MR) is 62.7 cm³/mol. The maximum atomic E-state index is 10.8. The van der Waals surface area contributed by atoms with Crippen LogP contribution in [0, 0.1) is 0 Å². The first-order valence-corrected chi connectivity index (χ1v) is 6.77. The Balaban J connectivity index is 2.37. The zero-order valence-electron chi connectivity index (χ0n) is 9.14. The van der Waals surface area contributed by atoms with E-state index in [-0.39, 0.29) is 6.54 Å². The number of ether oxygens (including phenoxy) is 1. The maximum absolute atomic E-state index is 10.8. The second kappa shape index (κ2) is 5.83. The van der Waals surface area contributed by atoms with E-state index >= 15 is 0 Å². The third-order valence-corrected chi connectivity index (χ3v) is 2.60. The van der Waals surface area contributed by atoms with Crippen molar-refractivity contribution in [2.24, 2.45) is 5.73 Å². The van der Waals surface area contributed by atoms with E-state index in [4.69, 9.17) is 10.5 Å². The van der Waals surface area contributed by atoms with E-state index in [1.807, 2.05) is 18.2 Å². The molecule has 16 heavy (non-hydrogen) atoms. The summed E-state index contributed by atoms with van der Waals surface area (Å²) in [5.74, 6) is 0.693. The molecule has 0 amide bonds. The smallest absolute Gasteiger partial charge is 0.208 e. The Hall–Kier alpha value is -1.11. The second-order valence-electron chi connectivity index (χ2n) is 3.37. The Morgan fingerprint density at radius 3 is 2.81 bits per heavy atom. The molecular formula is C10H16N2O3S. The van der Waals surface area contributed by atoms with Gasteiger partial charge in [-0.05, 0) is 17.7 Å². The lowest BCUT2D eigenvalue weighted by Gasteiger charge is -2.07. The van der Waals surface area contributed by atoms with E-state index in [2.05, 4.69) is 4.72 Å². The predicted octanol–water partition coefficient (Wildman–Crippen LogP) is 0.0733. The van der Waals surface area contributed by atoms with E-state index in [1.54, 1.807) is 6.07 Å². The van der Waals surface area contributed by atoms with E-state index < -0.39 is 10.0 Å². The van der Waals surface area contributed by atoms with Crippen LogP contribution in [0.25, 0.3) is 0 Å². The van der Waals surface area contributed by atoms with Crippen molar-refractivity contribution >= 4 is 10.0 Å². The summed E-state index contributed by atoms with van der Waals surface area (Å²) in [6, 6.07) is 7.39. The molecule has 1 rings (SSSR count). The third-order valence-electron chi connectivity index (χ3n) is 1.87. The molecule has 0 aliphatic carbocycles. The van der Waals surface area contributed by atoms with Crippen molar-refractivity contribution < 1.29 is 13.2 Å². The summed E-state index contributed by atoms with van der Waals surface area (Å²) in [6.07, 6.45) is 1.11. The van der Waals surface area contributed by atoms with Crippen molar-refractivity contribution in [2.45, 2.75) is 6.54 Å². The van der Waals surface area contributed by atoms with Gasteiger partial charge in [0, 0.05) is 13.1 Å². The molecule has 0 heterocycles. The van der Waals surface area contributed by atoms with Gasteiger partial charge in [-0.1, -0.05) is 12.1 Å².